The Hall–Kier alpha value is -1.91. The van der Waals surface area contributed by atoms with Gasteiger partial charge >= 0.3 is 6.09 Å². The molecule has 2 aliphatic rings. The predicted octanol–water partition coefficient (Wildman–Crippen LogP) is 3.88. The molecule has 1 unspecified atom stereocenters. The smallest absolute Gasteiger partial charge is 0.410 e. The van der Waals surface area contributed by atoms with E-state index in [2.05, 4.69) is 13.8 Å². The fourth-order valence-corrected chi connectivity index (χ4v) is 3.12. The predicted molar refractivity (Wildman–Crippen MR) is 86.8 cm³/mol. The van der Waals surface area contributed by atoms with Gasteiger partial charge < -0.3 is 14.2 Å². The number of rotatable bonds is 4. The van der Waals surface area contributed by atoms with Crippen LogP contribution in [0.3, 0.4) is 0 Å². The number of ether oxygens (including phenoxy) is 3. The van der Waals surface area contributed by atoms with Crippen molar-refractivity contribution in [2.24, 2.45) is 0 Å². The van der Waals surface area contributed by atoms with Crippen LogP contribution in [0.15, 0.2) is 12.1 Å². The highest BCUT2D eigenvalue weighted by Gasteiger charge is 2.30. The zero-order valence-corrected chi connectivity index (χ0v) is 14.0. The molecule has 3 rings (SSSR count). The van der Waals surface area contributed by atoms with Gasteiger partial charge in [0.1, 0.15) is 6.10 Å². The SMILES string of the molecule is CCCC(CC)OC(=O)N1Cc2ccc3c(c2C1)OCCCO3. The second kappa shape index (κ2) is 7.11. The minimum atomic E-state index is -0.232. The minimum absolute atomic E-state index is 0.00732. The molecule has 0 bridgehead atoms. The molecule has 5 heteroatoms. The fourth-order valence-electron chi connectivity index (χ4n) is 3.12. The van der Waals surface area contributed by atoms with Crippen LogP contribution in [0, 0.1) is 0 Å². The van der Waals surface area contributed by atoms with Gasteiger partial charge in [-0.05, 0) is 24.5 Å². The maximum atomic E-state index is 12.4. The molecule has 5 nitrogen and oxygen atoms in total. The first kappa shape index (κ1) is 16.0. The summed E-state index contributed by atoms with van der Waals surface area (Å²) in [5.74, 6) is 1.59. The molecule has 2 heterocycles. The van der Waals surface area contributed by atoms with Gasteiger partial charge in [-0.3, -0.25) is 4.90 Å². The molecule has 1 atom stereocenters. The summed E-state index contributed by atoms with van der Waals surface area (Å²) in [6.07, 6.45) is 3.44. The third-order valence-corrected chi connectivity index (χ3v) is 4.42. The van der Waals surface area contributed by atoms with Crippen LogP contribution in [0.5, 0.6) is 11.5 Å². The molecule has 2 aliphatic heterocycles. The molecule has 0 radical (unpaired) electrons. The van der Waals surface area contributed by atoms with Gasteiger partial charge in [0.15, 0.2) is 11.5 Å². The Balaban J connectivity index is 1.71. The van der Waals surface area contributed by atoms with Gasteiger partial charge in [0.2, 0.25) is 0 Å². The van der Waals surface area contributed by atoms with E-state index < -0.39 is 0 Å². The van der Waals surface area contributed by atoms with Crippen molar-refractivity contribution < 1.29 is 19.0 Å². The van der Waals surface area contributed by atoms with Crippen LogP contribution >= 0.6 is 0 Å². The molecule has 0 saturated carbocycles. The molecular formula is C18H25NO4. The molecule has 0 aromatic heterocycles. The highest BCUT2D eigenvalue weighted by molar-refractivity contribution is 5.70. The van der Waals surface area contributed by atoms with Gasteiger partial charge in [0.25, 0.3) is 0 Å². The Kier molecular flexibility index (Phi) is 4.94. The summed E-state index contributed by atoms with van der Waals surface area (Å²) >= 11 is 0. The minimum Gasteiger partial charge on any atom is -0.490 e. The molecule has 0 fully saturated rings. The average Bonchev–Trinajstić information content (AvgIpc) is 2.85. The third kappa shape index (κ3) is 3.38. The summed E-state index contributed by atoms with van der Waals surface area (Å²) in [7, 11) is 0. The number of fused-ring (bicyclic) bond motifs is 3. The second-order valence-electron chi connectivity index (χ2n) is 6.14. The van der Waals surface area contributed by atoms with E-state index in [4.69, 9.17) is 14.2 Å². The molecule has 1 aromatic rings. The maximum absolute atomic E-state index is 12.4. The number of amides is 1. The van der Waals surface area contributed by atoms with Crippen LogP contribution in [0.25, 0.3) is 0 Å². The summed E-state index contributed by atoms with van der Waals surface area (Å²) in [6.45, 7) is 6.60. The largest absolute Gasteiger partial charge is 0.490 e. The van der Waals surface area contributed by atoms with E-state index in [1.54, 1.807) is 4.90 Å². The van der Waals surface area contributed by atoms with E-state index in [0.29, 0.717) is 26.3 Å². The lowest BCUT2D eigenvalue weighted by molar-refractivity contribution is 0.0558. The summed E-state index contributed by atoms with van der Waals surface area (Å²) in [6, 6.07) is 3.97. The Morgan fingerprint density at radius 3 is 2.87 bits per heavy atom. The Bertz CT molecular complexity index is 572. The molecule has 0 aliphatic carbocycles. The van der Waals surface area contributed by atoms with Crippen molar-refractivity contribution in [2.75, 3.05) is 13.2 Å². The Morgan fingerprint density at radius 1 is 1.26 bits per heavy atom. The highest BCUT2D eigenvalue weighted by Crippen LogP contribution is 2.40. The summed E-state index contributed by atoms with van der Waals surface area (Å²) in [5, 5.41) is 0. The molecule has 1 aromatic carbocycles. The van der Waals surface area contributed by atoms with Gasteiger partial charge in [-0.15, -0.1) is 0 Å². The lowest BCUT2D eigenvalue weighted by Crippen LogP contribution is -2.30. The van der Waals surface area contributed by atoms with Crippen LogP contribution in [0.2, 0.25) is 0 Å². The molecule has 23 heavy (non-hydrogen) atoms. The summed E-state index contributed by atoms with van der Waals surface area (Å²) in [5.41, 5.74) is 2.18. The maximum Gasteiger partial charge on any atom is 0.410 e. The molecule has 0 saturated heterocycles. The molecule has 0 spiro atoms. The second-order valence-corrected chi connectivity index (χ2v) is 6.14. The van der Waals surface area contributed by atoms with Crippen LogP contribution in [0.1, 0.15) is 50.7 Å². The van der Waals surface area contributed by atoms with Gasteiger partial charge in [0.05, 0.1) is 19.8 Å². The van der Waals surface area contributed by atoms with E-state index in [0.717, 1.165) is 48.3 Å². The van der Waals surface area contributed by atoms with Gasteiger partial charge in [-0.2, -0.15) is 0 Å². The first-order valence-corrected chi connectivity index (χ1v) is 8.58. The first-order valence-electron chi connectivity index (χ1n) is 8.58. The van der Waals surface area contributed by atoms with Crippen LogP contribution in [0.4, 0.5) is 4.79 Å². The highest BCUT2D eigenvalue weighted by atomic mass is 16.6. The topological polar surface area (TPSA) is 48.0 Å². The number of hydrogen-bond donors (Lipinski definition) is 0. The summed E-state index contributed by atoms with van der Waals surface area (Å²) in [4.78, 5) is 14.2. The zero-order valence-electron chi connectivity index (χ0n) is 14.0. The molecule has 126 valence electrons. The number of benzene rings is 1. The lowest BCUT2D eigenvalue weighted by atomic mass is 10.1. The Labute approximate surface area is 137 Å². The van der Waals surface area contributed by atoms with Gasteiger partial charge in [-0.25, -0.2) is 4.79 Å². The summed E-state index contributed by atoms with van der Waals surface area (Å²) < 4.78 is 17.2. The normalized spacial score (nSPS) is 17.4. The Morgan fingerprint density at radius 2 is 2.09 bits per heavy atom. The lowest BCUT2D eigenvalue weighted by Gasteiger charge is -2.21. The van der Waals surface area contributed by atoms with Crippen molar-refractivity contribution >= 4 is 6.09 Å². The van der Waals surface area contributed by atoms with Crippen LogP contribution < -0.4 is 9.47 Å². The van der Waals surface area contributed by atoms with E-state index in [9.17, 15) is 4.79 Å². The van der Waals surface area contributed by atoms with E-state index in [1.165, 1.54) is 0 Å². The molecular weight excluding hydrogens is 294 g/mol. The average molecular weight is 319 g/mol. The quantitative estimate of drug-likeness (QED) is 0.845. The number of carbonyl (C=O) groups is 1. The zero-order chi connectivity index (χ0) is 16.2. The van der Waals surface area contributed by atoms with Crippen molar-refractivity contribution in [3.05, 3.63) is 23.3 Å². The molecule has 0 N–H and O–H groups in total. The van der Waals surface area contributed by atoms with Crippen LogP contribution in [-0.2, 0) is 17.8 Å². The van der Waals surface area contributed by atoms with Crippen molar-refractivity contribution in [2.45, 2.75) is 58.7 Å². The standard InChI is InChI=1S/C18H25NO4/c1-3-6-14(4-2)23-18(20)19-11-13-7-8-16-17(15(13)12-19)22-10-5-9-21-16/h7-8,14H,3-6,9-12H2,1-2H3. The number of hydrogen-bond acceptors (Lipinski definition) is 4. The van der Waals surface area contributed by atoms with E-state index >= 15 is 0 Å². The number of nitrogens with zero attached hydrogens (tertiary/aromatic N) is 1. The third-order valence-electron chi connectivity index (χ3n) is 4.42. The van der Waals surface area contributed by atoms with Gasteiger partial charge in [-0.1, -0.05) is 26.3 Å². The number of carbonyl (C=O) groups excluding carboxylic acids is 1. The van der Waals surface area contributed by atoms with Crippen molar-refractivity contribution in [1.29, 1.82) is 0 Å². The van der Waals surface area contributed by atoms with E-state index in [1.807, 2.05) is 12.1 Å². The first-order chi connectivity index (χ1) is 11.2. The van der Waals surface area contributed by atoms with Crippen molar-refractivity contribution in [1.82, 2.24) is 4.90 Å². The van der Waals surface area contributed by atoms with Crippen molar-refractivity contribution in [3.8, 4) is 11.5 Å². The monoisotopic (exact) mass is 319 g/mol. The van der Waals surface area contributed by atoms with Gasteiger partial charge in [0, 0.05) is 18.5 Å². The fraction of sp³-hybridized carbons (Fsp3) is 0.611. The van der Waals surface area contributed by atoms with Crippen LogP contribution in [-0.4, -0.2) is 30.3 Å². The van der Waals surface area contributed by atoms with Crippen molar-refractivity contribution in [3.63, 3.8) is 0 Å². The van der Waals surface area contributed by atoms with E-state index in [-0.39, 0.29) is 12.2 Å². The molecule has 1 amide bonds.